The van der Waals surface area contributed by atoms with Gasteiger partial charge in [-0.2, -0.15) is 8.75 Å². The molecular weight excluding hydrogens is 532 g/mol. The monoisotopic (exact) mass is 568 g/mol. The molecule has 4 rings (SSSR count). The van der Waals surface area contributed by atoms with Crippen molar-refractivity contribution in [1.29, 1.82) is 0 Å². The van der Waals surface area contributed by atoms with E-state index in [-0.39, 0.29) is 30.1 Å². The normalized spacial score (nSPS) is 14.2. The number of nitrogens with one attached hydrogen (secondary N) is 1. The second-order valence-corrected chi connectivity index (χ2v) is 10.1. The van der Waals surface area contributed by atoms with Crippen LogP contribution in [0.1, 0.15) is 59.8 Å². The minimum atomic E-state index is -0.934. The lowest BCUT2D eigenvalue weighted by Gasteiger charge is -2.33. The lowest BCUT2D eigenvalue weighted by Crippen LogP contribution is -2.47. The fourth-order valence-electron chi connectivity index (χ4n) is 5.06. The van der Waals surface area contributed by atoms with Crippen molar-refractivity contribution in [2.75, 3.05) is 35.0 Å². The van der Waals surface area contributed by atoms with Crippen LogP contribution < -0.4 is 24.3 Å². The lowest BCUT2D eigenvalue weighted by molar-refractivity contribution is -0.126. The van der Waals surface area contributed by atoms with Crippen LogP contribution in [-0.2, 0) is 11.2 Å². The Balaban J connectivity index is 1.73. The molecule has 1 N–H and O–H groups in total. The Bertz CT molecular complexity index is 1280. The molecule has 1 saturated carbocycles. The van der Waals surface area contributed by atoms with E-state index in [1.807, 2.05) is 18.2 Å². The topological polar surface area (TPSA) is 112 Å². The van der Waals surface area contributed by atoms with Gasteiger partial charge in [0.25, 0.3) is 5.91 Å². The van der Waals surface area contributed by atoms with Gasteiger partial charge in [0.15, 0.2) is 28.7 Å². The number of carbonyl (C=O) groups is 2. The van der Waals surface area contributed by atoms with E-state index < -0.39 is 6.04 Å². The molecule has 0 radical (unpaired) electrons. The Labute approximate surface area is 238 Å². The molecule has 11 heteroatoms. The molecule has 214 valence electrons. The highest BCUT2D eigenvalue weighted by molar-refractivity contribution is 6.99. The summed E-state index contributed by atoms with van der Waals surface area (Å²) < 4.78 is 30.0. The number of methoxy groups -OCH3 is 4. The van der Waals surface area contributed by atoms with E-state index >= 15 is 0 Å². The highest BCUT2D eigenvalue weighted by Crippen LogP contribution is 2.34. The molecule has 1 heterocycles. The Hall–Kier alpha value is -3.86. The smallest absolute Gasteiger partial charge is 0.276 e. The van der Waals surface area contributed by atoms with Crippen LogP contribution in [0.15, 0.2) is 42.6 Å². The number of carbonyl (C=O) groups excluding carboxylic acids is 2. The van der Waals surface area contributed by atoms with E-state index in [2.05, 4.69) is 14.1 Å². The summed E-state index contributed by atoms with van der Waals surface area (Å²) in [5, 5.41) is 3.22. The largest absolute Gasteiger partial charge is 0.493 e. The quantitative estimate of drug-likeness (QED) is 0.341. The number of benzene rings is 2. The first-order valence-corrected chi connectivity index (χ1v) is 14.0. The number of ether oxygens (including phenoxy) is 4. The summed E-state index contributed by atoms with van der Waals surface area (Å²) in [6.45, 7) is 0.239. The molecule has 0 saturated heterocycles. The van der Waals surface area contributed by atoms with Gasteiger partial charge in [0.05, 0.1) is 46.4 Å². The molecule has 1 atom stereocenters. The van der Waals surface area contributed by atoms with Crippen molar-refractivity contribution in [2.24, 2.45) is 0 Å². The molecule has 40 heavy (non-hydrogen) atoms. The van der Waals surface area contributed by atoms with Crippen LogP contribution in [0, 0.1) is 0 Å². The Morgan fingerprint density at radius 1 is 0.925 bits per heavy atom. The molecule has 3 aromatic rings. The number of hydrogen-bond donors (Lipinski definition) is 1. The minimum absolute atomic E-state index is 0.0626. The Morgan fingerprint density at radius 2 is 1.57 bits per heavy atom. The molecule has 0 spiro atoms. The maximum absolute atomic E-state index is 14.0. The van der Waals surface area contributed by atoms with Crippen molar-refractivity contribution in [3.63, 3.8) is 0 Å². The van der Waals surface area contributed by atoms with Crippen molar-refractivity contribution in [3.05, 3.63) is 59.4 Å². The molecule has 2 amide bonds. The number of nitrogens with zero attached hydrogens (tertiary/aromatic N) is 3. The zero-order chi connectivity index (χ0) is 28.5. The van der Waals surface area contributed by atoms with Crippen LogP contribution in [0.4, 0.5) is 0 Å². The Morgan fingerprint density at radius 3 is 2.20 bits per heavy atom. The predicted molar refractivity (Wildman–Crippen MR) is 151 cm³/mol. The maximum Gasteiger partial charge on any atom is 0.276 e. The van der Waals surface area contributed by atoms with Crippen LogP contribution >= 0.6 is 11.7 Å². The van der Waals surface area contributed by atoms with Gasteiger partial charge in [-0.3, -0.25) is 9.59 Å². The summed E-state index contributed by atoms with van der Waals surface area (Å²) in [5.74, 6) is 1.58. The maximum atomic E-state index is 14.0. The third-order valence-electron chi connectivity index (χ3n) is 7.17. The first kappa shape index (κ1) is 29.1. The van der Waals surface area contributed by atoms with Crippen molar-refractivity contribution in [1.82, 2.24) is 19.0 Å². The van der Waals surface area contributed by atoms with Crippen molar-refractivity contribution < 1.29 is 28.5 Å². The van der Waals surface area contributed by atoms with Gasteiger partial charge >= 0.3 is 0 Å². The van der Waals surface area contributed by atoms with Gasteiger partial charge in [-0.25, -0.2) is 0 Å². The zero-order valence-electron chi connectivity index (χ0n) is 23.3. The molecule has 1 aliphatic rings. The third-order valence-corrected chi connectivity index (χ3v) is 7.64. The molecule has 10 nitrogen and oxygen atoms in total. The van der Waals surface area contributed by atoms with E-state index in [4.69, 9.17) is 18.9 Å². The zero-order valence-corrected chi connectivity index (χ0v) is 24.2. The van der Waals surface area contributed by atoms with E-state index in [0.717, 1.165) is 49.4 Å². The third kappa shape index (κ3) is 6.82. The minimum Gasteiger partial charge on any atom is -0.493 e. The van der Waals surface area contributed by atoms with Crippen LogP contribution in [0.5, 0.6) is 23.0 Å². The second kappa shape index (κ2) is 14.0. The van der Waals surface area contributed by atoms with E-state index in [1.54, 1.807) is 51.5 Å². The van der Waals surface area contributed by atoms with Gasteiger partial charge in [0.1, 0.15) is 6.04 Å². The molecular formula is C29H36N4O6S. The number of aromatic nitrogens is 2. The van der Waals surface area contributed by atoms with Crippen molar-refractivity contribution >= 4 is 23.5 Å². The SMILES string of the molecule is COc1ccc(CCN(C(=O)c2cnsn2)C(C(=O)NC2CCCCC2)c2ccc(OC)c(OC)c2)cc1OC. The number of hydrogen-bond acceptors (Lipinski definition) is 9. The van der Waals surface area contributed by atoms with E-state index in [0.29, 0.717) is 35.0 Å². The average Bonchev–Trinajstić information content (AvgIpc) is 3.54. The standard InChI is InChI=1S/C29H36N4O6S/c1-36-23-12-10-19(16-25(23)38-3)14-15-33(29(35)22-18-30-40-32-22)27(28(34)31-21-8-6-5-7-9-21)20-11-13-24(37-2)26(17-20)39-4/h10-13,16-18,21,27H,5-9,14-15H2,1-4H3,(H,31,34). The molecule has 1 aromatic heterocycles. The molecule has 2 aromatic carbocycles. The van der Waals surface area contributed by atoms with Crippen LogP contribution in [-0.4, -0.2) is 66.5 Å². The highest BCUT2D eigenvalue weighted by atomic mass is 32.1. The second-order valence-electron chi connectivity index (χ2n) is 9.59. The van der Waals surface area contributed by atoms with Gasteiger partial charge in [-0.05, 0) is 54.7 Å². The van der Waals surface area contributed by atoms with E-state index in [9.17, 15) is 9.59 Å². The molecule has 0 bridgehead atoms. The van der Waals surface area contributed by atoms with Crippen LogP contribution in [0.3, 0.4) is 0 Å². The summed E-state index contributed by atoms with van der Waals surface area (Å²) in [6.07, 6.45) is 7.03. The number of amides is 2. The van der Waals surface area contributed by atoms with Gasteiger partial charge in [-0.15, -0.1) is 0 Å². The first-order valence-electron chi connectivity index (χ1n) is 13.3. The van der Waals surface area contributed by atoms with Gasteiger partial charge in [0, 0.05) is 12.6 Å². The highest BCUT2D eigenvalue weighted by Gasteiger charge is 2.35. The lowest BCUT2D eigenvalue weighted by atomic mass is 9.94. The summed E-state index contributed by atoms with van der Waals surface area (Å²) in [7, 11) is 6.26. The molecule has 0 aliphatic heterocycles. The van der Waals surface area contributed by atoms with Crippen molar-refractivity contribution in [3.8, 4) is 23.0 Å². The summed E-state index contributed by atoms with van der Waals surface area (Å²) in [4.78, 5) is 29.5. The van der Waals surface area contributed by atoms with Gasteiger partial charge in [-0.1, -0.05) is 31.4 Å². The molecule has 1 aliphatic carbocycles. The fourth-order valence-corrected chi connectivity index (χ4v) is 5.47. The predicted octanol–water partition coefficient (Wildman–Crippen LogP) is 4.45. The molecule has 1 fully saturated rings. The summed E-state index contributed by atoms with van der Waals surface area (Å²) >= 11 is 0.949. The first-order chi connectivity index (χ1) is 19.5. The Kier molecular flexibility index (Phi) is 10.2. The summed E-state index contributed by atoms with van der Waals surface area (Å²) in [5.41, 5.74) is 1.72. The van der Waals surface area contributed by atoms with E-state index in [1.165, 1.54) is 6.20 Å². The summed E-state index contributed by atoms with van der Waals surface area (Å²) in [6, 6.07) is 10.0. The fraction of sp³-hybridized carbons (Fsp3) is 0.448. The van der Waals surface area contributed by atoms with Gasteiger partial charge < -0.3 is 29.2 Å². The van der Waals surface area contributed by atoms with Gasteiger partial charge in [0.2, 0.25) is 5.91 Å². The van der Waals surface area contributed by atoms with Crippen LogP contribution in [0.2, 0.25) is 0 Å². The molecule has 1 unspecified atom stereocenters. The van der Waals surface area contributed by atoms with Crippen molar-refractivity contribution in [2.45, 2.75) is 50.6 Å². The van der Waals surface area contributed by atoms with Crippen LogP contribution in [0.25, 0.3) is 0 Å². The average molecular weight is 569 g/mol. The number of rotatable bonds is 12.